The summed E-state index contributed by atoms with van der Waals surface area (Å²) in [5, 5.41) is 4.27. The number of methoxy groups -OCH3 is 1. The molecule has 2 saturated heterocycles. The molecule has 0 aliphatic carbocycles. The number of ketones is 2. The lowest BCUT2D eigenvalue weighted by Crippen LogP contribution is -2.57. The number of nitrogens with zero attached hydrogens (tertiary/aromatic N) is 3. The lowest BCUT2D eigenvalue weighted by Gasteiger charge is -2.47. The van der Waals surface area contributed by atoms with Crippen molar-refractivity contribution in [2.75, 3.05) is 27.7 Å². The molecule has 2 aliphatic rings. The van der Waals surface area contributed by atoms with Crippen LogP contribution in [0.3, 0.4) is 0 Å². The molecule has 0 saturated carbocycles. The molecule has 330 valence electrons. The van der Waals surface area contributed by atoms with Gasteiger partial charge in [0.25, 0.3) is 0 Å². The second kappa shape index (κ2) is 20.9. The zero-order valence-corrected chi connectivity index (χ0v) is 38.1. The van der Waals surface area contributed by atoms with E-state index in [-0.39, 0.29) is 36.1 Å². The van der Waals surface area contributed by atoms with Crippen molar-refractivity contribution in [1.82, 2.24) is 15.0 Å². The Balaban J connectivity index is 1.55. The monoisotopic (exact) mass is 824 g/mol. The number of aldehydes is 1. The Hall–Kier alpha value is -3.45. The minimum absolute atomic E-state index is 0.0247. The van der Waals surface area contributed by atoms with Gasteiger partial charge in [0.2, 0.25) is 0 Å². The van der Waals surface area contributed by atoms with Crippen LogP contribution in [-0.2, 0) is 39.8 Å². The number of hydrogen-bond acceptors (Lipinski definition) is 11. The molecule has 1 aromatic heterocycles. The van der Waals surface area contributed by atoms with Crippen LogP contribution in [0.25, 0.3) is 11.3 Å². The van der Waals surface area contributed by atoms with E-state index in [0.717, 1.165) is 36.3 Å². The zero-order chi connectivity index (χ0) is 43.8. The summed E-state index contributed by atoms with van der Waals surface area (Å²) in [6.45, 7) is 19.7. The molecule has 0 spiro atoms. The highest BCUT2D eigenvalue weighted by Crippen LogP contribution is 2.43. The first-order valence-electron chi connectivity index (χ1n) is 21.9. The van der Waals surface area contributed by atoms with Crippen LogP contribution < -0.4 is 0 Å². The van der Waals surface area contributed by atoms with Crippen molar-refractivity contribution in [1.29, 1.82) is 0 Å². The summed E-state index contributed by atoms with van der Waals surface area (Å²) in [5.74, 6) is -2.24. The highest BCUT2D eigenvalue weighted by Gasteiger charge is 2.56. The van der Waals surface area contributed by atoms with Gasteiger partial charge in [-0.1, -0.05) is 82.9 Å². The van der Waals surface area contributed by atoms with Crippen molar-refractivity contribution in [3.8, 4) is 11.3 Å². The highest BCUT2D eigenvalue weighted by molar-refractivity contribution is 5.94. The average molecular weight is 824 g/mol. The molecule has 12 heteroatoms. The number of amides is 1. The Labute approximate surface area is 353 Å². The fraction of sp³-hybridized carbons (Fsp3) is 0.723. The van der Waals surface area contributed by atoms with Crippen molar-refractivity contribution in [2.45, 2.75) is 162 Å². The van der Waals surface area contributed by atoms with Gasteiger partial charge in [0, 0.05) is 61.4 Å². The van der Waals surface area contributed by atoms with E-state index in [1.807, 2.05) is 86.0 Å². The topological polar surface area (TPSA) is 138 Å². The van der Waals surface area contributed by atoms with Gasteiger partial charge in [-0.15, -0.1) is 0 Å². The van der Waals surface area contributed by atoms with Gasteiger partial charge in [-0.3, -0.25) is 9.59 Å². The minimum Gasteiger partial charge on any atom is -0.441 e. The molecular formula is C47H73N3O9. The van der Waals surface area contributed by atoms with Crippen LogP contribution in [-0.4, -0.2) is 108 Å². The van der Waals surface area contributed by atoms with Crippen LogP contribution in [0.1, 0.15) is 119 Å². The third-order valence-corrected chi connectivity index (χ3v) is 13.3. The van der Waals surface area contributed by atoms with E-state index in [0.29, 0.717) is 38.5 Å². The molecule has 12 nitrogen and oxygen atoms in total. The summed E-state index contributed by atoms with van der Waals surface area (Å²) in [4.78, 5) is 58.0. The molecule has 1 amide bonds. The number of benzene rings is 1. The van der Waals surface area contributed by atoms with Gasteiger partial charge in [0.15, 0.2) is 6.29 Å². The first-order chi connectivity index (χ1) is 27.9. The number of aromatic nitrogens is 1. The lowest BCUT2D eigenvalue weighted by atomic mass is 9.73. The maximum atomic E-state index is 14.8. The molecule has 0 N–H and O–H groups in total. The Kier molecular flexibility index (Phi) is 17.1. The number of rotatable bonds is 23. The number of unbranched alkanes of at least 4 members (excludes halogenated alkanes) is 1. The Morgan fingerprint density at radius 3 is 2.36 bits per heavy atom. The summed E-state index contributed by atoms with van der Waals surface area (Å²) in [7, 11) is 5.65. The van der Waals surface area contributed by atoms with Crippen molar-refractivity contribution < 1.29 is 42.6 Å². The summed E-state index contributed by atoms with van der Waals surface area (Å²) >= 11 is 0. The second-order valence-corrected chi connectivity index (χ2v) is 18.1. The van der Waals surface area contributed by atoms with Crippen molar-refractivity contribution in [3.05, 3.63) is 41.7 Å². The summed E-state index contributed by atoms with van der Waals surface area (Å²) in [6, 6.07) is 9.84. The van der Waals surface area contributed by atoms with Gasteiger partial charge in [0.05, 0.1) is 29.8 Å². The third kappa shape index (κ3) is 11.1. The van der Waals surface area contributed by atoms with E-state index >= 15 is 0 Å². The largest absolute Gasteiger partial charge is 0.441 e. The maximum absolute atomic E-state index is 14.8. The van der Waals surface area contributed by atoms with E-state index in [4.69, 9.17) is 23.5 Å². The molecule has 1 aromatic carbocycles. The highest BCUT2D eigenvalue weighted by atomic mass is 16.7. The predicted octanol–water partition coefficient (Wildman–Crippen LogP) is 8.51. The molecular weight excluding hydrogens is 751 g/mol. The smallest absolute Gasteiger partial charge is 0.410 e. The van der Waals surface area contributed by atoms with Crippen LogP contribution in [0, 0.1) is 36.5 Å². The van der Waals surface area contributed by atoms with Crippen molar-refractivity contribution in [3.63, 3.8) is 0 Å². The van der Waals surface area contributed by atoms with Crippen LogP contribution in [0.2, 0.25) is 0 Å². The number of aryl methyl sites for hydroxylation is 2. The number of carbonyl (C=O) groups is 4. The number of hydrogen-bond donors (Lipinski definition) is 0. The van der Waals surface area contributed by atoms with Crippen molar-refractivity contribution >= 4 is 23.9 Å². The molecule has 59 heavy (non-hydrogen) atoms. The molecule has 6 unspecified atom stereocenters. The standard InChI is InChI=1S/C47H73N3O9/c1-14-23-47(15-2)42(50(45(54)58-47)24-17-16-18-37-26-38(48-59-37)36-21-19-29(3)20-22-36)34(8)40(52)30(4)27-46(10,55-13)43(35(9)41(53)31(5)28-51)57-44-33(7)39(49(11)12)25-32(6)56-44/h19-22,26,28,30-35,39,42-44H,14-18,23-25,27H2,1-13H3/t30-,31?,32?,33-,34+,35?,39?,42?,43-,44?,46+,47-/m1/s1. The quantitative estimate of drug-likeness (QED) is 0.0606. The molecule has 4 rings (SSSR count). The SMILES string of the molecule is CCC[C@@]1(CC)OC(=O)N(CCCCc2cc(-c3ccc(C)cc3)no2)C1[C@@H](C)C(=O)[C@H](C)C[C@](C)(OC)[C@H](OC1OC(C)CC(N(C)C)[C@H]1C)C(C)C(=O)C(C)C=O. The van der Waals surface area contributed by atoms with E-state index < -0.39 is 59.4 Å². The van der Waals surface area contributed by atoms with Crippen LogP contribution in [0.5, 0.6) is 0 Å². The average Bonchev–Trinajstić information content (AvgIpc) is 3.80. The molecule has 0 radical (unpaired) electrons. The number of Topliss-reactive ketones (excluding diaryl/α,β-unsaturated/α-hetero) is 2. The van der Waals surface area contributed by atoms with E-state index in [1.165, 1.54) is 5.56 Å². The fourth-order valence-electron chi connectivity index (χ4n) is 9.78. The Morgan fingerprint density at radius 2 is 1.76 bits per heavy atom. The van der Waals surface area contributed by atoms with Crippen LogP contribution >= 0.6 is 0 Å². The zero-order valence-electron chi connectivity index (χ0n) is 38.1. The normalized spacial score (nSPS) is 27.1. The Morgan fingerprint density at radius 1 is 1.08 bits per heavy atom. The van der Waals surface area contributed by atoms with Crippen molar-refractivity contribution in [2.24, 2.45) is 29.6 Å². The first kappa shape index (κ1) is 48.2. The van der Waals surface area contributed by atoms with Gasteiger partial charge < -0.3 is 38.1 Å². The summed E-state index contributed by atoms with van der Waals surface area (Å²) in [6.07, 6.45) is 3.87. The first-order valence-corrected chi connectivity index (χ1v) is 21.9. The molecule has 3 heterocycles. The second-order valence-electron chi connectivity index (χ2n) is 18.1. The molecule has 0 bridgehead atoms. The molecule has 12 atom stereocenters. The van der Waals surface area contributed by atoms with Gasteiger partial charge in [-0.2, -0.15) is 0 Å². The summed E-state index contributed by atoms with van der Waals surface area (Å²) in [5.41, 5.74) is 1.03. The molecule has 2 aliphatic heterocycles. The van der Waals surface area contributed by atoms with Crippen LogP contribution in [0.15, 0.2) is 34.9 Å². The van der Waals surface area contributed by atoms with Crippen LogP contribution in [0.4, 0.5) is 4.79 Å². The van der Waals surface area contributed by atoms with Gasteiger partial charge in [0.1, 0.15) is 34.9 Å². The number of ether oxygens (including phenoxy) is 4. The van der Waals surface area contributed by atoms with Gasteiger partial charge in [-0.25, -0.2) is 4.79 Å². The maximum Gasteiger partial charge on any atom is 0.410 e. The molecule has 2 aromatic rings. The predicted molar refractivity (Wildman–Crippen MR) is 228 cm³/mol. The molecule has 2 fully saturated rings. The lowest BCUT2D eigenvalue weighted by molar-refractivity contribution is -0.280. The van der Waals surface area contributed by atoms with Gasteiger partial charge >= 0.3 is 6.09 Å². The van der Waals surface area contributed by atoms with E-state index in [2.05, 4.69) is 23.9 Å². The Bertz CT molecular complexity index is 1700. The van der Waals surface area contributed by atoms with Gasteiger partial charge in [-0.05, 0) is 80.3 Å². The fourth-order valence-corrected chi connectivity index (χ4v) is 9.78. The number of carbonyl (C=O) groups excluding carboxylic acids is 4. The third-order valence-electron chi connectivity index (χ3n) is 13.3. The minimum atomic E-state index is -1.13. The van der Waals surface area contributed by atoms with E-state index in [1.54, 1.807) is 25.9 Å². The summed E-state index contributed by atoms with van der Waals surface area (Å²) < 4.78 is 31.4. The number of cyclic esters (lactones) is 1. The van der Waals surface area contributed by atoms with E-state index in [9.17, 15) is 19.2 Å².